The minimum atomic E-state index is 0.319. The van der Waals surface area contributed by atoms with Crippen molar-refractivity contribution in [2.45, 2.75) is 19.1 Å². The van der Waals surface area contributed by atoms with E-state index < -0.39 is 0 Å². The van der Waals surface area contributed by atoms with E-state index in [0.717, 1.165) is 19.7 Å². The third-order valence-electron chi connectivity index (χ3n) is 2.42. The van der Waals surface area contributed by atoms with Gasteiger partial charge in [-0.05, 0) is 6.92 Å². The molecule has 0 aliphatic carbocycles. The van der Waals surface area contributed by atoms with E-state index in [1.54, 1.807) is 7.11 Å². The summed E-state index contributed by atoms with van der Waals surface area (Å²) in [5.74, 6) is 0. The first kappa shape index (κ1) is 10.9. The van der Waals surface area contributed by atoms with Gasteiger partial charge in [0.2, 0.25) is 0 Å². The zero-order valence-corrected chi connectivity index (χ0v) is 8.53. The zero-order valence-electron chi connectivity index (χ0n) is 8.53. The van der Waals surface area contributed by atoms with E-state index >= 15 is 0 Å². The van der Waals surface area contributed by atoms with Crippen LogP contribution in [0.3, 0.4) is 0 Å². The molecule has 2 N–H and O–H groups in total. The maximum absolute atomic E-state index is 5.67. The minimum absolute atomic E-state index is 0.319. The van der Waals surface area contributed by atoms with Gasteiger partial charge in [0.25, 0.3) is 0 Å². The number of nitrogens with two attached hydrogens (primary N) is 1. The molecule has 0 aromatic rings. The summed E-state index contributed by atoms with van der Waals surface area (Å²) >= 11 is 0. The van der Waals surface area contributed by atoms with Crippen molar-refractivity contribution < 1.29 is 9.47 Å². The number of hydrogen-bond acceptors (Lipinski definition) is 4. The Hall–Kier alpha value is -0.160. The Morgan fingerprint density at radius 2 is 2.46 bits per heavy atom. The summed E-state index contributed by atoms with van der Waals surface area (Å²) in [4.78, 5) is 2.34. The predicted molar refractivity (Wildman–Crippen MR) is 51.7 cm³/mol. The van der Waals surface area contributed by atoms with Gasteiger partial charge >= 0.3 is 0 Å². The van der Waals surface area contributed by atoms with E-state index in [2.05, 4.69) is 11.8 Å². The summed E-state index contributed by atoms with van der Waals surface area (Å²) in [5, 5.41) is 0. The second-order valence-corrected chi connectivity index (χ2v) is 3.52. The summed E-state index contributed by atoms with van der Waals surface area (Å²) in [6.07, 6.45) is 0.319. The van der Waals surface area contributed by atoms with Gasteiger partial charge in [-0.2, -0.15) is 0 Å². The molecule has 0 spiro atoms. The zero-order chi connectivity index (χ0) is 9.68. The molecular formula is C9H20N2O2. The lowest BCUT2D eigenvalue weighted by molar-refractivity contribution is -0.0436. The Bertz CT molecular complexity index is 144. The van der Waals surface area contributed by atoms with Gasteiger partial charge in [-0.15, -0.1) is 0 Å². The molecule has 0 aromatic heterocycles. The lowest BCUT2D eigenvalue weighted by Gasteiger charge is -2.36. The Morgan fingerprint density at radius 1 is 1.69 bits per heavy atom. The molecule has 1 saturated heterocycles. The van der Waals surface area contributed by atoms with Crippen molar-refractivity contribution in [2.75, 3.05) is 40.0 Å². The molecule has 4 nitrogen and oxygen atoms in total. The molecule has 1 aliphatic heterocycles. The lowest BCUT2D eigenvalue weighted by atomic mass is 10.2. The van der Waals surface area contributed by atoms with Crippen molar-refractivity contribution in [1.29, 1.82) is 0 Å². The van der Waals surface area contributed by atoms with E-state index in [4.69, 9.17) is 15.2 Å². The van der Waals surface area contributed by atoms with E-state index in [1.807, 2.05) is 0 Å². The average Bonchev–Trinajstić information content (AvgIpc) is 2.14. The summed E-state index contributed by atoms with van der Waals surface area (Å²) in [6.45, 7) is 6.19. The summed E-state index contributed by atoms with van der Waals surface area (Å²) in [7, 11) is 1.71. The van der Waals surface area contributed by atoms with Crippen LogP contribution < -0.4 is 5.73 Å². The van der Waals surface area contributed by atoms with Crippen molar-refractivity contribution in [1.82, 2.24) is 4.90 Å². The number of morpholine rings is 1. The second kappa shape index (κ2) is 5.54. The van der Waals surface area contributed by atoms with Gasteiger partial charge in [-0.25, -0.2) is 0 Å². The highest BCUT2D eigenvalue weighted by Crippen LogP contribution is 2.08. The molecule has 0 aromatic carbocycles. The standard InChI is InChI=1S/C9H20N2O2/c1-8-6-11(3-4-13-8)9(5-10)7-12-2/h8-9H,3-7,10H2,1-2H3. The summed E-state index contributed by atoms with van der Waals surface area (Å²) in [6, 6.07) is 0.344. The second-order valence-electron chi connectivity index (χ2n) is 3.52. The molecule has 2 unspecified atom stereocenters. The molecule has 0 bridgehead atoms. The monoisotopic (exact) mass is 188 g/mol. The lowest BCUT2D eigenvalue weighted by Crippen LogP contribution is -2.51. The molecule has 0 amide bonds. The van der Waals surface area contributed by atoms with Gasteiger partial charge in [-0.1, -0.05) is 0 Å². The van der Waals surface area contributed by atoms with E-state index in [9.17, 15) is 0 Å². The normalized spacial score (nSPS) is 27.5. The fourth-order valence-corrected chi connectivity index (χ4v) is 1.69. The maximum Gasteiger partial charge on any atom is 0.0674 e. The Balaban J connectivity index is 2.37. The third kappa shape index (κ3) is 3.23. The number of rotatable bonds is 4. The number of ether oxygens (including phenoxy) is 2. The van der Waals surface area contributed by atoms with Gasteiger partial charge in [0.1, 0.15) is 0 Å². The highest BCUT2D eigenvalue weighted by molar-refractivity contribution is 4.77. The Labute approximate surface area is 80.0 Å². The predicted octanol–water partition coefficient (Wildman–Crippen LogP) is -0.319. The van der Waals surface area contributed by atoms with E-state index in [1.165, 1.54) is 0 Å². The van der Waals surface area contributed by atoms with Crippen LogP contribution in [0.4, 0.5) is 0 Å². The van der Waals surface area contributed by atoms with Crippen molar-refractivity contribution in [2.24, 2.45) is 5.73 Å². The van der Waals surface area contributed by atoms with Crippen LogP contribution in [0.1, 0.15) is 6.92 Å². The topological polar surface area (TPSA) is 47.7 Å². The molecular weight excluding hydrogens is 168 g/mol. The van der Waals surface area contributed by atoms with Gasteiger partial charge < -0.3 is 15.2 Å². The third-order valence-corrected chi connectivity index (χ3v) is 2.42. The first-order valence-corrected chi connectivity index (χ1v) is 4.82. The number of nitrogens with zero attached hydrogens (tertiary/aromatic N) is 1. The average molecular weight is 188 g/mol. The van der Waals surface area contributed by atoms with Crippen molar-refractivity contribution in [3.05, 3.63) is 0 Å². The van der Waals surface area contributed by atoms with Crippen molar-refractivity contribution in [3.8, 4) is 0 Å². The SMILES string of the molecule is COCC(CN)N1CCOC(C)C1. The first-order valence-electron chi connectivity index (χ1n) is 4.82. The number of methoxy groups -OCH3 is 1. The Morgan fingerprint density at radius 3 is 3.00 bits per heavy atom. The largest absolute Gasteiger partial charge is 0.383 e. The van der Waals surface area contributed by atoms with Crippen LogP contribution >= 0.6 is 0 Å². The number of hydrogen-bond donors (Lipinski definition) is 1. The molecule has 4 heteroatoms. The molecule has 13 heavy (non-hydrogen) atoms. The highest BCUT2D eigenvalue weighted by Gasteiger charge is 2.22. The van der Waals surface area contributed by atoms with Crippen LogP contribution in [0, 0.1) is 0 Å². The smallest absolute Gasteiger partial charge is 0.0674 e. The van der Waals surface area contributed by atoms with E-state index in [0.29, 0.717) is 25.3 Å². The van der Waals surface area contributed by atoms with Crippen LogP contribution in [0.2, 0.25) is 0 Å². The quantitative estimate of drug-likeness (QED) is 0.657. The molecule has 78 valence electrons. The summed E-state index contributed by atoms with van der Waals surface area (Å²) < 4.78 is 10.6. The van der Waals surface area contributed by atoms with Crippen molar-refractivity contribution in [3.63, 3.8) is 0 Å². The molecule has 1 fully saturated rings. The van der Waals surface area contributed by atoms with Gasteiger partial charge in [0, 0.05) is 32.8 Å². The first-order chi connectivity index (χ1) is 6.27. The fraction of sp³-hybridized carbons (Fsp3) is 1.00. The van der Waals surface area contributed by atoms with Gasteiger partial charge in [0.05, 0.1) is 19.3 Å². The summed E-state index contributed by atoms with van der Waals surface area (Å²) in [5.41, 5.74) is 5.67. The fourth-order valence-electron chi connectivity index (χ4n) is 1.69. The molecule has 0 radical (unpaired) electrons. The van der Waals surface area contributed by atoms with Crippen LogP contribution in [0.25, 0.3) is 0 Å². The Kier molecular flexibility index (Phi) is 4.66. The van der Waals surface area contributed by atoms with Gasteiger partial charge in [0.15, 0.2) is 0 Å². The molecule has 2 atom stereocenters. The van der Waals surface area contributed by atoms with E-state index in [-0.39, 0.29) is 0 Å². The van der Waals surface area contributed by atoms with Crippen molar-refractivity contribution >= 4 is 0 Å². The van der Waals surface area contributed by atoms with Crippen LogP contribution in [0.5, 0.6) is 0 Å². The minimum Gasteiger partial charge on any atom is -0.383 e. The molecule has 1 aliphatic rings. The molecule has 0 saturated carbocycles. The highest BCUT2D eigenvalue weighted by atomic mass is 16.5. The molecule has 1 heterocycles. The maximum atomic E-state index is 5.67. The van der Waals surface area contributed by atoms with Crippen LogP contribution in [-0.4, -0.2) is 57.0 Å². The van der Waals surface area contributed by atoms with Crippen LogP contribution in [0.15, 0.2) is 0 Å². The molecule has 1 rings (SSSR count). The van der Waals surface area contributed by atoms with Crippen LogP contribution in [-0.2, 0) is 9.47 Å². The van der Waals surface area contributed by atoms with Gasteiger partial charge in [-0.3, -0.25) is 4.90 Å².